The largest absolute Gasteiger partial charge is 0.497 e. The van der Waals surface area contributed by atoms with E-state index in [2.05, 4.69) is 22.2 Å². The summed E-state index contributed by atoms with van der Waals surface area (Å²) in [6.07, 6.45) is -0.604. The second kappa shape index (κ2) is 5.65. The molecule has 1 aromatic rings. The molecule has 1 aromatic carbocycles. The maximum Gasteiger partial charge on any atom is 0.435 e. The Kier molecular flexibility index (Phi) is 4.20. The van der Waals surface area contributed by atoms with Crippen molar-refractivity contribution in [2.75, 3.05) is 12.4 Å². The van der Waals surface area contributed by atoms with Crippen LogP contribution in [-0.4, -0.2) is 13.2 Å². The summed E-state index contributed by atoms with van der Waals surface area (Å²) in [6.45, 7) is 5.21. The van der Waals surface area contributed by atoms with Crippen molar-refractivity contribution in [1.29, 1.82) is 0 Å². The Morgan fingerprint density at radius 3 is 2.44 bits per heavy atom. The smallest absolute Gasteiger partial charge is 0.435 e. The highest BCUT2D eigenvalue weighted by Gasteiger charge is 2.02. The van der Waals surface area contributed by atoms with Crippen molar-refractivity contribution in [3.05, 3.63) is 36.5 Å². The number of anilines is 1. The molecular formula is C11H14N2O3. The van der Waals surface area contributed by atoms with Gasteiger partial charge in [-0.25, -0.2) is 10.3 Å². The number of hydrogen-bond acceptors (Lipinski definition) is 4. The Labute approximate surface area is 94.0 Å². The van der Waals surface area contributed by atoms with Crippen molar-refractivity contribution >= 4 is 11.8 Å². The quantitative estimate of drug-likeness (QED) is 0.767. The second-order valence-electron chi connectivity index (χ2n) is 3.13. The highest BCUT2D eigenvalue weighted by atomic mass is 16.7. The second-order valence-corrected chi connectivity index (χ2v) is 3.13. The third-order valence-corrected chi connectivity index (χ3v) is 1.65. The average molecular weight is 222 g/mol. The average Bonchev–Trinajstić information content (AvgIpc) is 2.27. The van der Waals surface area contributed by atoms with Gasteiger partial charge in [-0.1, -0.05) is 6.58 Å². The number of hydroxylamine groups is 1. The number of methoxy groups -OCH3 is 1. The minimum Gasteiger partial charge on any atom is -0.497 e. The summed E-state index contributed by atoms with van der Waals surface area (Å²) in [7, 11) is 1.58. The standard InChI is InChI=1S/C11H14N2O3/c1-8(2)13-16-11(14)12-9-4-6-10(15-3)7-5-9/h4-7,13H,1H2,2-3H3,(H,12,14). The highest BCUT2D eigenvalue weighted by molar-refractivity contribution is 5.84. The Morgan fingerprint density at radius 2 is 1.94 bits per heavy atom. The molecule has 86 valence electrons. The van der Waals surface area contributed by atoms with Crippen LogP contribution in [0.4, 0.5) is 10.5 Å². The van der Waals surface area contributed by atoms with Gasteiger partial charge in [0, 0.05) is 11.4 Å². The summed E-state index contributed by atoms with van der Waals surface area (Å²) in [5.41, 5.74) is 3.52. The predicted octanol–water partition coefficient (Wildman–Crippen LogP) is 2.28. The Hall–Kier alpha value is -2.17. The van der Waals surface area contributed by atoms with Gasteiger partial charge in [0.2, 0.25) is 0 Å². The van der Waals surface area contributed by atoms with Gasteiger partial charge < -0.3 is 9.57 Å². The minimum absolute atomic E-state index is 0.546. The molecule has 0 radical (unpaired) electrons. The summed E-state index contributed by atoms with van der Waals surface area (Å²) in [5, 5.41) is 2.53. The third-order valence-electron chi connectivity index (χ3n) is 1.65. The van der Waals surface area contributed by atoms with Gasteiger partial charge in [-0.15, -0.1) is 0 Å². The molecule has 0 spiro atoms. The van der Waals surface area contributed by atoms with Crippen LogP contribution in [0.25, 0.3) is 0 Å². The van der Waals surface area contributed by atoms with Gasteiger partial charge in [0.1, 0.15) is 5.75 Å². The van der Waals surface area contributed by atoms with E-state index in [0.717, 1.165) is 5.75 Å². The molecule has 0 aliphatic heterocycles. The number of rotatable bonds is 4. The van der Waals surface area contributed by atoms with Crippen LogP contribution in [0.5, 0.6) is 5.75 Å². The molecule has 0 atom stereocenters. The normalized spacial score (nSPS) is 9.12. The SMILES string of the molecule is C=C(C)NOC(=O)Nc1ccc(OC)cc1. The maximum atomic E-state index is 11.2. The molecule has 5 nitrogen and oxygen atoms in total. The monoisotopic (exact) mass is 222 g/mol. The van der Waals surface area contributed by atoms with Crippen LogP contribution in [0, 0.1) is 0 Å². The van der Waals surface area contributed by atoms with Crippen LogP contribution in [0.15, 0.2) is 36.5 Å². The predicted molar refractivity (Wildman–Crippen MR) is 61.0 cm³/mol. The fourth-order valence-electron chi connectivity index (χ4n) is 0.951. The number of nitrogens with one attached hydrogen (secondary N) is 2. The van der Waals surface area contributed by atoms with E-state index in [1.165, 1.54) is 0 Å². The van der Waals surface area contributed by atoms with Gasteiger partial charge >= 0.3 is 6.09 Å². The van der Waals surface area contributed by atoms with E-state index in [1.807, 2.05) is 0 Å². The molecule has 2 N–H and O–H groups in total. The van der Waals surface area contributed by atoms with Crippen LogP contribution in [0.2, 0.25) is 0 Å². The molecule has 0 bridgehead atoms. The van der Waals surface area contributed by atoms with Crippen LogP contribution in [0.1, 0.15) is 6.92 Å². The summed E-state index contributed by atoms with van der Waals surface area (Å²) in [6, 6.07) is 6.89. The summed E-state index contributed by atoms with van der Waals surface area (Å²) < 4.78 is 4.99. The molecular weight excluding hydrogens is 208 g/mol. The molecule has 0 saturated carbocycles. The first-order valence-electron chi connectivity index (χ1n) is 4.65. The van der Waals surface area contributed by atoms with E-state index in [1.54, 1.807) is 38.3 Å². The van der Waals surface area contributed by atoms with Gasteiger partial charge in [-0.05, 0) is 31.2 Å². The van der Waals surface area contributed by atoms with Crippen molar-refractivity contribution in [2.45, 2.75) is 6.92 Å². The van der Waals surface area contributed by atoms with E-state index < -0.39 is 6.09 Å². The molecule has 0 heterocycles. The zero-order valence-corrected chi connectivity index (χ0v) is 9.24. The Balaban J connectivity index is 2.46. The van der Waals surface area contributed by atoms with E-state index in [4.69, 9.17) is 4.74 Å². The molecule has 0 aliphatic carbocycles. The lowest BCUT2D eigenvalue weighted by Gasteiger charge is -2.07. The first kappa shape index (κ1) is 11.9. The molecule has 0 aliphatic rings. The first-order chi connectivity index (χ1) is 7.61. The fourth-order valence-corrected chi connectivity index (χ4v) is 0.951. The van der Waals surface area contributed by atoms with E-state index >= 15 is 0 Å². The van der Waals surface area contributed by atoms with Gasteiger partial charge in [0.05, 0.1) is 7.11 Å². The van der Waals surface area contributed by atoms with Gasteiger partial charge in [-0.2, -0.15) is 0 Å². The van der Waals surface area contributed by atoms with Crippen LogP contribution < -0.4 is 15.5 Å². The number of carbonyl (C=O) groups is 1. The Bertz CT molecular complexity index is 373. The van der Waals surface area contributed by atoms with Crippen LogP contribution in [-0.2, 0) is 4.84 Å². The lowest BCUT2D eigenvalue weighted by Crippen LogP contribution is -2.22. The minimum atomic E-state index is -0.604. The number of amides is 1. The van der Waals surface area contributed by atoms with Gasteiger partial charge in [-0.3, -0.25) is 5.32 Å². The topological polar surface area (TPSA) is 59.6 Å². The van der Waals surface area contributed by atoms with Crippen molar-refractivity contribution in [3.63, 3.8) is 0 Å². The molecule has 0 unspecified atom stereocenters. The Morgan fingerprint density at radius 1 is 1.31 bits per heavy atom. The number of carbonyl (C=O) groups excluding carboxylic acids is 1. The molecule has 1 rings (SSSR count). The molecule has 5 heteroatoms. The summed E-state index contributed by atoms with van der Waals surface area (Å²) in [4.78, 5) is 15.8. The van der Waals surface area contributed by atoms with E-state index in [9.17, 15) is 4.79 Å². The third kappa shape index (κ3) is 3.91. The molecule has 0 aromatic heterocycles. The van der Waals surface area contributed by atoms with Crippen molar-refractivity contribution < 1.29 is 14.4 Å². The van der Waals surface area contributed by atoms with Gasteiger partial charge in [0.25, 0.3) is 0 Å². The first-order valence-corrected chi connectivity index (χ1v) is 4.65. The van der Waals surface area contributed by atoms with Crippen LogP contribution >= 0.6 is 0 Å². The molecule has 1 amide bonds. The lowest BCUT2D eigenvalue weighted by molar-refractivity contribution is 0.120. The molecule has 0 fully saturated rings. The van der Waals surface area contributed by atoms with Crippen LogP contribution in [0.3, 0.4) is 0 Å². The van der Waals surface area contributed by atoms with E-state index in [-0.39, 0.29) is 0 Å². The van der Waals surface area contributed by atoms with E-state index in [0.29, 0.717) is 11.4 Å². The number of allylic oxidation sites excluding steroid dienone is 1. The van der Waals surface area contributed by atoms with Gasteiger partial charge in [0.15, 0.2) is 0 Å². The summed E-state index contributed by atoms with van der Waals surface area (Å²) >= 11 is 0. The highest BCUT2D eigenvalue weighted by Crippen LogP contribution is 2.14. The van der Waals surface area contributed by atoms with Crippen molar-refractivity contribution in [2.24, 2.45) is 0 Å². The number of benzene rings is 1. The zero-order valence-electron chi connectivity index (χ0n) is 9.24. The van der Waals surface area contributed by atoms with Crippen molar-refractivity contribution in [1.82, 2.24) is 5.48 Å². The zero-order chi connectivity index (χ0) is 12.0. The molecule has 0 saturated heterocycles. The molecule has 16 heavy (non-hydrogen) atoms. The number of hydrogen-bond donors (Lipinski definition) is 2. The lowest BCUT2D eigenvalue weighted by atomic mass is 10.3. The van der Waals surface area contributed by atoms with Crippen molar-refractivity contribution in [3.8, 4) is 5.75 Å². The number of ether oxygens (including phenoxy) is 1. The fraction of sp³-hybridized carbons (Fsp3) is 0.182. The maximum absolute atomic E-state index is 11.2. The summed E-state index contributed by atoms with van der Waals surface area (Å²) in [5.74, 6) is 0.721.